The number of carboxylic acids is 1. The summed E-state index contributed by atoms with van der Waals surface area (Å²) in [6, 6.07) is 11.3. The van der Waals surface area contributed by atoms with Crippen molar-refractivity contribution in [2.24, 2.45) is 0 Å². The molecular formula is C18H17N3O6. The van der Waals surface area contributed by atoms with Crippen molar-refractivity contribution in [2.45, 2.75) is 25.8 Å². The third-order valence-corrected chi connectivity index (χ3v) is 3.75. The van der Waals surface area contributed by atoms with E-state index in [-0.39, 0.29) is 17.4 Å². The molecule has 0 saturated heterocycles. The molecule has 1 N–H and O–H groups in total. The van der Waals surface area contributed by atoms with E-state index in [1.165, 1.54) is 43.3 Å². The third-order valence-electron chi connectivity index (χ3n) is 3.75. The Bertz CT molecular complexity index is 856. The molecule has 0 aromatic heterocycles. The largest absolute Gasteiger partial charge is 0.481 e. The van der Waals surface area contributed by atoms with E-state index in [9.17, 15) is 25.0 Å². The molecule has 140 valence electrons. The SMILES string of the molecule is CC(C(=O)O)c1ccc([N+](=O)[O-])cc1.[C-]#[N+]C(C)c1ccc([N+](=O)[O-])cc1. The highest BCUT2D eigenvalue weighted by Gasteiger charge is 2.14. The predicted molar refractivity (Wildman–Crippen MR) is 97.3 cm³/mol. The zero-order chi connectivity index (χ0) is 20.6. The summed E-state index contributed by atoms with van der Waals surface area (Å²) in [4.78, 5) is 33.5. The van der Waals surface area contributed by atoms with Gasteiger partial charge in [0.25, 0.3) is 11.4 Å². The molecule has 9 nitrogen and oxygen atoms in total. The van der Waals surface area contributed by atoms with E-state index in [4.69, 9.17) is 11.7 Å². The van der Waals surface area contributed by atoms with Crippen molar-refractivity contribution in [2.75, 3.05) is 0 Å². The van der Waals surface area contributed by atoms with Gasteiger partial charge >= 0.3 is 5.97 Å². The third kappa shape index (κ3) is 6.21. The number of aliphatic carboxylic acids is 1. The van der Waals surface area contributed by atoms with Crippen LogP contribution >= 0.6 is 0 Å². The molecule has 0 spiro atoms. The first-order valence-electron chi connectivity index (χ1n) is 7.75. The summed E-state index contributed by atoms with van der Waals surface area (Å²) in [5, 5.41) is 29.3. The van der Waals surface area contributed by atoms with Gasteiger partial charge in [-0.1, -0.05) is 12.1 Å². The monoisotopic (exact) mass is 371 g/mol. The summed E-state index contributed by atoms with van der Waals surface area (Å²) >= 11 is 0. The van der Waals surface area contributed by atoms with Crippen molar-refractivity contribution in [1.82, 2.24) is 0 Å². The second-order valence-electron chi connectivity index (χ2n) is 5.56. The van der Waals surface area contributed by atoms with Crippen LogP contribution in [0.1, 0.15) is 36.9 Å². The molecule has 27 heavy (non-hydrogen) atoms. The van der Waals surface area contributed by atoms with Gasteiger partial charge in [-0.05, 0) is 24.6 Å². The van der Waals surface area contributed by atoms with Crippen molar-refractivity contribution < 1.29 is 19.7 Å². The van der Waals surface area contributed by atoms with Gasteiger partial charge in [0.1, 0.15) is 0 Å². The molecule has 0 saturated carbocycles. The van der Waals surface area contributed by atoms with Gasteiger partial charge in [0.15, 0.2) is 0 Å². The van der Waals surface area contributed by atoms with Crippen LogP contribution in [0.5, 0.6) is 0 Å². The number of nitro benzene ring substituents is 2. The molecule has 2 aromatic rings. The van der Waals surface area contributed by atoms with Crippen LogP contribution in [0.2, 0.25) is 0 Å². The van der Waals surface area contributed by atoms with Crippen molar-refractivity contribution in [3.8, 4) is 0 Å². The van der Waals surface area contributed by atoms with E-state index < -0.39 is 21.7 Å². The van der Waals surface area contributed by atoms with Crippen molar-refractivity contribution >= 4 is 17.3 Å². The lowest BCUT2D eigenvalue weighted by molar-refractivity contribution is -0.385. The molecule has 2 rings (SSSR count). The maximum atomic E-state index is 10.6. The first-order valence-corrected chi connectivity index (χ1v) is 7.75. The Morgan fingerprint density at radius 1 is 0.926 bits per heavy atom. The first-order chi connectivity index (χ1) is 12.7. The average molecular weight is 371 g/mol. The first kappa shape index (κ1) is 21.2. The van der Waals surface area contributed by atoms with Gasteiger partial charge in [0.2, 0.25) is 6.04 Å². The minimum Gasteiger partial charge on any atom is -0.481 e. The molecule has 2 aromatic carbocycles. The number of carbonyl (C=O) groups is 1. The predicted octanol–water partition coefficient (Wildman–Crippen LogP) is 4.36. The van der Waals surface area contributed by atoms with Crippen LogP contribution in [0.3, 0.4) is 0 Å². The Balaban J connectivity index is 0.000000271. The fourth-order valence-electron chi connectivity index (χ4n) is 1.98. The maximum Gasteiger partial charge on any atom is 0.310 e. The summed E-state index contributed by atoms with van der Waals surface area (Å²) in [5.74, 6) is -1.59. The fourth-order valence-corrected chi connectivity index (χ4v) is 1.98. The lowest BCUT2D eigenvalue weighted by atomic mass is 10.0. The maximum absolute atomic E-state index is 10.6. The summed E-state index contributed by atoms with van der Waals surface area (Å²) in [7, 11) is 0. The van der Waals surface area contributed by atoms with Gasteiger partial charge < -0.3 is 9.95 Å². The average Bonchev–Trinajstić information content (AvgIpc) is 2.67. The number of benzene rings is 2. The number of nitrogens with zero attached hydrogens (tertiary/aromatic N) is 3. The minimum absolute atomic E-state index is 0.0358. The van der Waals surface area contributed by atoms with Crippen LogP contribution in [0.15, 0.2) is 48.5 Å². The van der Waals surface area contributed by atoms with Crippen LogP contribution in [0, 0.1) is 26.8 Å². The van der Waals surface area contributed by atoms with Gasteiger partial charge in [-0.2, -0.15) is 0 Å². The molecule has 2 atom stereocenters. The van der Waals surface area contributed by atoms with Crippen LogP contribution in [0.4, 0.5) is 11.4 Å². The molecule has 0 fully saturated rings. The molecule has 9 heteroatoms. The minimum atomic E-state index is -0.946. The van der Waals surface area contributed by atoms with E-state index >= 15 is 0 Å². The lowest BCUT2D eigenvalue weighted by Gasteiger charge is -2.04. The highest BCUT2D eigenvalue weighted by atomic mass is 16.6. The van der Waals surface area contributed by atoms with Crippen LogP contribution < -0.4 is 0 Å². The normalized spacial score (nSPS) is 11.9. The Morgan fingerprint density at radius 3 is 1.59 bits per heavy atom. The van der Waals surface area contributed by atoms with Gasteiger partial charge in [-0.25, -0.2) is 6.57 Å². The number of non-ortho nitro benzene ring substituents is 2. The molecule has 0 aliphatic rings. The summed E-state index contributed by atoms with van der Waals surface area (Å²) < 4.78 is 0. The van der Waals surface area contributed by atoms with Crippen molar-refractivity contribution in [3.63, 3.8) is 0 Å². The number of hydrogen-bond donors (Lipinski definition) is 1. The molecule has 0 aliphatic carbocycles. The number of nitro groups is 2. The number of rotatable bonds is 5. The van der Waals surface area contributed by atoms with Gasteiger partial charge in [0, 0.05) is 36.8 Å². The van der Waals surface area contributed by atoms with Crippen LogP contribution in [-0.4, -0.2) is 20.9 Å². The molecule has 0 heterocycles. The Labute approximate surface area is 155 Å². The fraction of sp³-hybridized carbons (Fsp3) is 0.222. The smallest absolute Gasteiger partial charge is 0.310 e. The van der Waals surface area contributed by atoms with E-state index in [0.29, 0.717) is 5.56 Å². The zero-order valence-electron chi connectivity index (χ0n) is 14.6. The summed E-state index contributed by atoms with van der Waals surface area (Å²) in [5.41, 5.74) is 1.39. The quantitative estimate of drug-likeness (QED) is 0.472. The Hall–Kier alpha value is -3.80. The molecule has 0 radical (unpaired) electrons. The molecular weight excluding hydrogens is 354 g/mol. The van der Waals surface area contributed by atoms with E-state index in [1.54, 1.807) is 19.1 Å². The van der Waals surface area contributed by atoms with E-state index in [1.807, 2.05) is 0 Å². The topological polar surface area (TPSA) is 128 Å². The highest BCUT2D eigenvalue weighted by molar-refractivity contribution is 5.75. The van der Waals surface area contributed by atoms with Crippen LogP contribution in [-0.2, 0) is 4.79 Å². The summed E-state index contributed by atoms with van der Waals surface area (Å²) in [6.07, 6.45) is 0. The number of hydrogen-bond acceptors (Lipinski definition) is 5. The van der Waals surface area contributed by atoms with Crippen molar-refractivity contribution in [3.05, 3.63) is 91.3 Å². The number of carboxylic acid groups (broad SMARTS) is 1. The zero-order valence-corrected chi connectivity index (χ0v) is 14.6. The molecule has 0 bridgehead atoms. The van der Waals surface area contributed by atoms with Crippen LogP contribution in [0.25, 0.3) is 4.85 Å². The standard InChI is InChI=1S/C9H8N2O2.C9H9NO4/c1-7(10-2)8-3-5-9(6-4-8)11(12)13;1-6(9(11)12)7-2-4-8(5-3-7)10(13)14/h3-7H,1H3;2-6H,1H3,(H,11,12). The molecule has 0 amide bonds. The Morgan fingerprint density at radius 2 is 1.30 bits per heavy atom. The van der Waals surface area contributed by atoms with Gasteiger partial charge in [-0.3, -0.25) is 25.0 Å². The second-order valence-corrected chi connectivity index (χ2v) is 5.56. The summed E-state index contributed by atoms with van der Waals surface area (Å²) in [6.45, 7) is 10.1. The Kier molecular flexibility index (Phi) is 7.57. The molecule has 2 unspecified atom stereocenters. The lowest BCUT2D eigenvalue weighted by Crippen LogP contribution is -2.07. The van der Waals surface area contributed by atoms with E-state index in [2.05, 4.69) is 4.85 Å². The van der Waals surface area contributed by atoms with E-state index in [0.717, 1.165) is 5.56 Å². The molecule has 0 aliphatic heterocycles. The van der Waals surface area contributed by atoms with Gasteiger partial charge in [0.05, 0.1) is 15.8 Å². The van der Waals surface area contributed by atoms with Crippen molar-refractivity contribution in [1.29, 1.82) is 0 Å². The van der Waals surface area contributed by atoms with Gasteiger partial charge in [-0.15, -0.1) is 0 Å². The highest BCUT2D eigenvalue weighted by Crippen LogP contribution is 2.20. The second kappa shape index (κ2) is 9.62.